The van der Waals surface area contributed by atoms with Gasteiger partial charge in [0.05, 0.1) is 9.88 Å². The number of nitrogens with one attached hydrogen (secondary N) is 1. The maximum absolute atomic E-state index is 12.3. The summed E-state index contributed by atoms with van der Waals surface area (Å²) in [5, 5.41) is 0. The van der Waals surface area contributed by atoms with E-state index in [9.17, 15) is 8.42 Å². The van der Waals surface area contributed by atoms with Gasteiger partial charge in [-0.25, -0.2) is 13.1 Å². The summed E-state index contributed by atoms with van der Waals surface area (Å²) in [5.41, 5.74) is 6.39. The number of rotatable bonds is 5. The average molecular weight is 331 g/mol. The molecule has 0 aliphatic carbocycles. The van der Waals surface area contributed by atoms with Gasteiger partial charge in [0.1, 0.15) is 0 Å². The molecule has 0 atom stereocenters. The van der Waals surface area contributed by atoms with Crippen molar-refractivity contribution in [1.29, 1.82) is 0 Å². The lowest BCUT2D eigenvalue weighted by Crippen LogP contribution is -2.37. The molecule has 0 amide bonds. The van der Waals surface area contributed by atoms with Crippen LogP contribution in [0.25, 0.3) is 0 Å². The van der Waals surface area contributed by atoms with Crippen LogP contribution in [0.15, 0.2) is 29.2 Å². The first kappa shape index (κ1) is 15.8. The number of thioether (sulfide) groups is 1. The predicted molar refractivity (Wildman–Crippen MR) is 87.6 cm³/mol. The van der Waals surface area contributed by atoms with Gasteiger partial charge in [0.2, 0.25) is 10.0 Å². The topological polar surface area (TPSA) is 72.2 Å². The molecule has 1 aliphatic rings. The Balaban J connectivity index is 2.06. The van der Waals surface area contributed by atoms with Gasteiger partial charge >= 0.3 is 0 Å². The summed E-state index contributed by atoms with van der Waals surface area (Å²) in [4.78, 5) is 0.695. The maximum atomic E-state index is 12.3. The summed E-state index contributed by atoms with van der Waals surface area (Å²) >= 11 is 6.71. The molecule has 3 N–H and O–H groups in total. The third-order valence-corrected chi connectivity index (χ3v) is 5.88. The fourth-order valence-electron chi connectivity index (χ4n) is 2.09. The Kier molecular flexibility index (Phi) is 5.42. The molecular weight excluding hydrogens is 312 g/mol. The lowest BCUT2D eigenvalue weighted by molar-refractivity contribution is 0.529. The van der Waals surface area contributed by atoms with Gasteiger partial charge in [-0.1, -0.05) is 24.4 Å². The summed E-state index contributed by atoms with van der Waals surface area (Å²) in [6, 6.07) is 6.77. The van der Waals surface area contributed by atoms with Crippen LogP contribution in [0.3, 0.4) is 0 Å². The number of nitrogens with two attached hydrogens (primary N) is 1. The number of thiocarbonyl (C=S) groups is 1. The molecule has 20 heavy (non-hydrogen) atoms. The van der Waals surface area contributed by atoms with Crippen molar-refractivity contribution in [2.75, 3.05) is 11.5 Å². The van der Waals surface area contributed by atoms with Crippen molar-refractivity contribution in [3.63, 3.8) is 0 Å². The highest BCUT2D eigenvalue weighted by Gasteiger charge is 2.21. The van der Waals surface area contributed by atoms with E-state index in [4.69, 9.17) is 18.0 Å². The first-order chi connectivity index (χ1) is 9.47. The number of benzene rings is 1. The highest BCUT2D eigenvalue weighted by atomic mass is 32.2. The van der Waals surface area contributed by atoms with E-state index in [0.29, 0.717) is 16.3 Å². The van der Waals surface area contributed by atoms with Crippen molar-refractivity contribution in [2.45, 2.75) is 30.2 Å². The van der Waals surface area contributed by atoms with Gasteiger partial charge in [-0.15, -0.1) is 0 Å². The van der Waals surface area contributed by atoms with Crippen molar-refractivity contribution in [1.82, 2.24) is 4.72 Å². The van der Waals surface area contributed by atoms with Crippen molar-refractivity contribution in [3.8, 4) is 0 Å². The predicted octanol–water partition coefficient (Wildman–Crippen LogP) is 1.69. The van der Waals surface area contributed by atoms with E-state index in [1.54, 1.807) is 24.3 Å². The molecule has 2 rings (SSSR count). The van der Waals surface area contributed by atoms with Gasteiger partial charge in [0.25, 0.3) is 0 Å². The molecule has 7 heteroatoms. The number of hydrogen-bond donors (Lipinski definition) is 2. The van der Waals surface area contributed by atoms with Crippen LogP contribution in [0.4, 0.5) is 0 Å². The van der Waals surface area contributed by atoms with E-state index >= 15 is 0 Å². The van der Waals surface area contributed by atoms with Crippen molar-refractivity contribution >= 4 is 39.0 Å². The van der Waals surface area contributed by atoms with Gasteiger partial charge in [-0.05, 0) is 42.0 Å². The Labute approximate surface area is 129 Å². The van der Waals surface area contributed by atoms with Gasteiger partial charge in [0.15, 0.2) is 0 Å². The van der Waals surface area contributed by atoms with E-state index in [1.807, 2.05) is 11.8 Å². The minimum atomic E-state index is -3.43. The summed E-state index contributed by atoms with van der Waals surface area (Å²) in [5.74, 6) is 2.03. The van der Waals surface area contributed by atoms with Crippen LogP contribution in [0.5, 0.6) is 0 Å². The zero-order valence-electron chi connectivity index (χ0n) is 11.0. The van der Waals surface area contributed by atoms with Crippen LogP contribution in [0.2, 0.25) is 0 Å². The summed E-state index contributed by atoms with van der Waals surface area (Å²) in [7, 11) is -3.43. The minimum Gasteiger partial charge on any atom is -0.393 e. The molecule has 4 nitrogen and oxygen atoms in total. The molecule has 1 aromatic rings. The molecule has 0 saturated carbocycles. The minimum absolute atomic E-state index is 0.0533. The Bertz CT molecular complexity index is 564. The van der Waals surface area contributed by atoms with Crippen molar-refractivity contribution in [2.24, 2.45) is 5.73 Å². The second-order valence-corrected chi connectivity index (χ2v) is 8.26. The van der Waals surface area contributed by atoms with Gasteiger partial charge in [0, 0.05) is 12.5 Å². The van der Waals surface area contributed by atoms with E-state index in [1.165, 1.54) is 0 Å². The molecule has 0 spiro atoms. The first-order valence-corrected chi connectivity index (χ1v) is 9.49. The highest BCUT2D eigenvalue weighted by Crippen LogP contribution is 2.19. The van der Waals surface area contributed by atoms with Gasteiger partial charge in [-0.3, -0.25) is 0 Å². The first-order valence-electron chi connectivity index (χ1n) is 6.45. The van der Waals surface area contributed by atoms with E-state index in [2.05, 4.69) is 4.72 Å². The largest absolute Gasteiger partial charge is 0.393 e. The Hall–Kier alpha value is -0.630. The number of sulfonamides is 1. The monoisotopic (exact) mass is 330 g/mol. The zero-order valence-corrected chi connectivity index (χ0v) is 13.5. The second-order valence-electron chi connectivity index (χ2n) is 4.79. The smallest absolute Gasteiger partial charge is 0.240 e. The Morgan fingerprint density at radius 1 is 1.30 bits per heavy atom. The molecule has 1 saturated heterocycles. The molecule has 1 aliphatic heterocycles. The van der Waals surface area contributed by atoms with Crippen molar-refractivity contribution < 1.29 is 8.42 Å². The standard InChI is InChI=1S/C13H18N2O2S3/c14-13(18)9-10-1-3-12(4-2-10)20(16,17)15-11-5-7-19-8-6-11/h1-4,11,15H,5-9H2,(H2,14,18). The molecule has 1 heterocycles. The molecule has 1 fully saturated rings. The molecule has 0 aromatic heterocycles. The lowest BCUT2D eigenvalue weighted by atomic mass is 10.1. The summed E-state index contributed by atoms with van der Waals surface area (Å²) < 4.78 is 27.3. The molecule has 110 valence electrons. The quantitative estimate of drug-likeness (QED) is 0.804. The normalized spacial score (nSPS) is 17.0. The lowest BCUT2D eigenvalue weighted by Gasteiger charge is -2.22. The molecular formula is C13H18N2O2S3. The maximum Gasteiger partial charge on any atom is 0.240 e. The SMILES string of the molecule is NC(=S)Cc1ccc(S(=O)(=O)NC2CCSCC2)cc1. The molecule has 0 bridgehead atoms. The van der Waals surface area contributed by atoms with Gasteiger partial charge < -0.3 is 5.73 Å². The molecule has 1 aromatic carbocycles. The van der Waals surface area contributed by atoms with Crippen LogP contribution in [0, 0.1) is 0 Å². The van der Waals surface area contributed by atoms with Crippen LogP contribution in [0.1, 0.15) is 18.4 Å². The highest BCUT2D eigenvalue weighted by molar-refractivity contribution is 7.99. The van der Waals surface area contributed by atoms with E-state index < -0.39 is 10.0 Å². The summed E-state index contributed by atoms with van der Waals surface area (Å²) in [6.45, 7) is 0. The van der Waals surface area contributed by atoms with Crippen LogP contribution >= 0.6 is 24.0 Å². The third-order valence-electron chi connectivity index (χ3n) is 3.16. The van der Waals surface area contributed by atoms with Crippen LogP contribution in [-0.2, 0) is 16.4 Å². The van der Waals surface area contributed by atoms with Gasteiger partial charge in [-0.2, -0.15) is 11.8 Å². The van der Waals surface area contributed by atoms with Crippen LogP contribution in [-0.4, -0.2) is 31.0 Å². The van der Waals surface area contributed by atoms with Crippen LogP contribution < -0.4 is 10.5 Å². The Morgan fingerprint density at radius 2 is 1.90 bits per heavy atom. The van der Waals surface area contributed by atoms with E-state index in [0.717, 1.165) is 29.9 Å². The van der Waals surface area contributed by atoms with E-state index in [-0.39, 0.29) is 6.04 Å². The third kappa shape index (κ3) is 4.44. The number of hydrogen-bond acceptors (Lipinski definition) is 4. The second kappa shape index (κ2) is 6.89. The average Bonchev–Trinajstić information content (AvgIpc) is 2.39. The zero-order chi connectivity index (χ0) is 14.6. The van der Waals surface area contributed by atoms with Crippen molar-refractivity contribution in [3.05, 3.63) is 29.8 Å². The fourth-order valence-corrected chi connectivity index (χ4v) is 4.67. The summed E-state index contributed by atoms with van der Waals surface area (Å²) in [6.07, 6.45) is 2.27. The Morgan fingerprint density at radius 3 is 2.45 bits per heavy atom. The fraction of sp³-hybridized carbons (Fsp3) is 0.462. The molecule has 0 unspecified atom stereocenters. The molecule has 0 radical (unpaired) electrons.